The molecule has 0 aromatic rings. The van der Waals surface area contributed by atoms with Crippen molar-refractivity contribution in [1.29, 1.82) is 0 Å². The van der Waals surface area contributed by atoms with Gasteiger partial charge in [-0.3, -0.25) is 0 Å². The third-order valence-corrected chi connectivity index (χ3v) is 4.29. The van der Waals surface area contributed by atoms with Crippen molar-refractivity contribution in [3.8, 4) is 0 Å². The molecular formula is C17H38OP+. The van der Waals surface area contributed by atoms with Crippen molar-refractivity contribution in [3.05, 3.63) is 0 Å². The quantitative estimate of drug-likeness (QED) is 0.275. The Hall–Kier alpha value is 0.100. The van der Waals surface area contributed by atoms with E-state index in [9.17, 15) is 4.57 Å². The zero-order valence-corrected chi connectivity index (χ0v) is 14.9. The van der Waals surface area contributed by atoms with Gasteiger partial charge < -0.3 is 0 Å². The van der Waals surface area contributed by atoms with Crippen molar-refractivity contribution in [2.75, 3.05) is 12.8 Å². The molecular weight excluding hydrogens is 251 g/mol. The van der Waals surface area contributed by atoms with E-state index >= 15 is 0 Å². The first kappa shape index (κ1) is 21.4. The van der Waals surface area contributed by atoms with Crippen LogP contribution in [-0.2, 0) is 4.57 Å². The minimum atomic E-state index is -0.848. The van der Waals surface area contributed by atoms with Crippen LogP contribution in [0.25, 0.3) is 0 Å². The Morgan fingerprint density at radius 3 is 0.947 bits per heavy atom. The van der Waals surface area contributed by atoms with Gasteiger partial charge in [-0.2, -0.15) is 0 Å². The van der Waals surface area contributed by atoms with Crippen LogP contribution in [0.3, 0.4) is 0 Å². The summed E-state index contributed by atoms with van der Waals surface area (Å²) in [6.07, 6.45) is 18.2. The molecule has 19 heavy (non-hydrogen) atoms. The largest absolute Gasteiger partial charge is 0.335 e. The van der Waals surface area contributed by atoms with Gasteiger partial charge in [0.05, 0.1) is 0 Å². The first-order valence-electron chi connectivity index (χ1n) is 8.57. The molecule has 0 heterocycles. The highest BCUT2D eigenvalue weighted by Crippen LogP contribution is 2.11. The standard InChI is InChI=1S/C14H30.C3H8OP/c1-3-5-7-9-11-13-14-12-10-8-6-4-2;1-3-5(2)4/h3-14H2,1-2H3;3H2,1-2H3/q;+1. The normalized spacial score (nSPS) is 10.8. The molecule has 0 aliphatic carbocycles. The Kier molecular flexibility index (Phi) is 23.0. The maximum absolute atomic E-state index is 9.96. The second-order valence-corrected chi connectivity index (χ2v) is 7.37. The lowest BCUT2D eigenvalue weighted by atomic mass is 10.1. The molecule has 2 heteroatoms. The summed E-state index contributed by atoms with van der Waals surface area (Å²) in [6.45, 7) is 8.22. The van der Waals surface area contributed by atoms with Crippen molar-refractivity contribution in [3.63, 3.8) is 0 Å². The third-order valence-electron chi connectivity index (χ3n) is 3.40. The van der Waals surface area contributed by atoms with Gasteiger partial charge in [0.15, 0.2) is 0 Å². The summed E-state index contributed by atoms with van der Waals surface area (Å²) in [5.74, 6) is 0. The van der Waals surface area contributed by atoms with Crippen LogP contribution in [0, 0.1) is 0 Å². The van der Waals surface area contributed by atoms with Crippen molar-refractivity contribution >= 4 is 7.80 Å². The molecule has 0 aromatic heterocycles. The average Bonchev–Trinajstić information content (AvgIpc) is 2.41. The third kappa shape index (κ3) is 27.3. The van der Waals surface area contributed by atoms with Crippen LogP contribution in [0.15, 0.2) is 0 Å². The van der Waals surface area contributed by atoms with Gasteiger partial charge in [0, 0.05) is 0 Å². The Morgan fingerprint density at radius 1 is 0.579 bits per heavy atom. The molecule has 1 nitrogen and oxygen atoms in total. The Bertz CT molecular complexity index is 157. The molecule has 0 N–H and O–H groups in total. The summed E-state index contributed by atoms with van der Waals surface area (Å²) in [4.78, 5) is 0. The first-order valence-corrected chi connectivity index (χ1v) is 10.5. The van der Waals surface area contributed by atoms with Gasteiger partial charge in [-0.05, 0) is 6.92 Å². The monoisotopic (exact) mass is 289 g/mol. The Morgan fingerprint density at radius 2 is 0.789 bits per heavy atom. The maximum Gasteiger partial charge on any atom is 0.335 e. The van der Waals surface area contributed by atoms with Crippen LogP contribution in [0.4, 0.5) is 0 Å². The molecule has 0 saturated heterocycles. The summed E-state index contributed by atoms with van der Waals surface area (Å²) in [5, 5.41) is 0. The molecule has 0 radical (unpaired) electrons. The summed E-state index contributed by atoms with van der Waals surface area (Å²) < 4.78 is 9.96. The lowest BCUT2D eigenvalue weighted by molar-refractivity contribution is 0.548. The van der Waals surface area contributed by atoms with Gasteiger partial charge in [0.1, 0.15) is 12.8 Å². The van der Waals surface area contributed by atoms with E-state index < -0.39 is 7.80 Å². The number of hydrogen-bond donors (Lipinski definition) is 0. The van der Waals surface area contributed by atoms with Gasteiger partial charge in [0.2, 0.25) is 0 Å². The smallest absolute Gasteiger partial charge is 0.0752 e. The van der Waals surface area contributed by atoms with Crippen LogP contribution < -0.4 is 0 Å². The zero-order valence-electron chi connectivity index (χ0n) is 14.0. The molecule has 116 valence electrons. The molecule has 0 spiro atoms. The number of rotatable bonds is 12. The minimum Gasteiger partial charge on any atom is -0.0752 e. The van der Waals surface area contributed by atoms with E-state index in [0.717, 1.165) is 6.16 Å². The SMILES string of the molecule is CCCCCCCCCCCCCC.CC[P+](C)=O. The number of hydrogen-bond acceptors (Lipinski definition) is 1. The van der Waals surface area contributed by atoms with Gasteiger partial charge in [-0.15, -0.1) is 0 Å². The molecule has 0 aliphatic rings. The van der Waals surface area contributed by atoms with E-state index in [-0.39, 0.29) is 0 Å². The van der Waals surface area contributed by atoms with E-state index in [1.54, 1.807) is 6.66 Å². The van der Waals surface area contributed by atoms with Crippen molar-refractivity contribution < 1.29 is 4.57 Å². The van der Waals surface area contributed by atoms with Crippen molar-refractivity contribution in [2.45, 2.75) is 97.8 Å². The molecule has 0 bridgehead atoms. The van der Waals surface area contributed by atoms with Crippen LogP contribution >= 0.6 is 7.80 Å². The minimum absolute atomic E-state index is 0.815. The molecule has 0 fully saturated rings. The molecule has 0 amide bonds. The van der Waals surface area contributed by atoms with Crippen molar-refractivity contribution in [2.24, 2.45) is 0 Å². The van der Waals surface area contributed by atoms with E-state index in [1.807, 2.05) is 6.92 Å². The maximum atomic E-state index is 9.96. The van der Waals surface area contributed by atoms with E-state index in [1.165, 1.54) is 77.0 Å². The van der Waals surface area contributed by atoms with E-state index in [2.05, 4.69) is 13.8 Å². The lowest BCUT2D eigenvalue weighted by Gasteiger charge is -2.01. The fourth-order valence-electron chi connectivity index (χ4n) is 1.91. The Labute approximate surface area is 123 Å². The second-order valence-electron chi connectivity index (χ2n) is 5.48. The molecule has 0 saturated carbocycles. The summed E-state index contributed by atoms with van der Waals surface area (Å²) in [6, 6.07) is 0. The van der Waals surface area contributed by atoms with Gasteiger partial charge >= 0.3 is 7.80 Å². The van der Waals surface area contributed by atoms with E-state index in [4.69, 9.17) is 0 Å². The highest BCUT2D eigenvalue weighted by atomic mass is 31.1. The molecule has 0 aromatic carbocycles. The van der Waals surface area contributed by atoms with Gasteiger partial charge in [0.25, 0.3) is 0 Å². The number of unbranched alkanes of at least 4 members (excludes halogenated alkanes) is 11. The molecule has 1 unspecified atom stereocenters. The summed E-state index contributed by atoms with van der Waals surface area (Å²) >= 11 is 0. The highest BCUT2D eigenvalue weighted by Gasteiger charge is 1.93. The molecule has 0 rings (SSSR count). The average molecular weight is 289 g/mol. The van der Waals surface area contributed by atoms with Gasteiger partial charge in [-0.1, -0.05) is 95.5 Å². The van der Waals surface area contributed by atoms with Crippen LogP contribution in [0.1, 0.15) is 97.8 Å². The van der Waals surface area contributed by atoms with Crippen LogP contribution in [-0.4, -0.2) is 12.8 Å². The molecule has 0 aliphatic heterocycles. The van der Waals surface area contributed by atoms with Gasteiger partial charge in [-0.25, -0.2) is 0 Å². The Balaban J connectivity index is 0. The highest BCUT2D eigenvalue weighted by molar-refractivity contribution is 7.43. The molecule has 1 atom stereocenters. The first-order chi connectivity index (χ1) is 9.18. The van der Waals surface area contributed by atoms with Crippen LogP contribution in [0.5, 0.6) is 0 Å². The van der Waals surface area contributed by atoms with Crippen molar-refractivity contribution in [1.82, 2.24) is 0 Å². The van der Waals surface area contributed by atoms with E-state index in [0.29, 0.717) is 0 Å². The topological polar surface area (TPSA) is 17.1 Å². The summed E-state index contributed by atoms with van der Waals surface area (Å²) in [5.41, 5.74) is 0. The predicted molar refractivity (Wildman–Crippen MR) is 90.8 cm³/mol. The fourth-order valence-corrected chi connectivity index (χ4v) is 1.91. The van der Waals surface area contributed by atoms with Crippen LogP contribution in [0.2, 0.25) is 0 Å². The fraction of sp³-hybridized carbons (Fsp3) is 1.00. The predicted octanol–water partition coefficient (Wildman–Crippen LogP) is 7.17. The second kappa shape index (κ2) is 20.4. The lowest BCUT2D eigenvalue weighted by Crippen LogP contribution is -1.81. The zero-order chi connectivity index (χ0) is 14.8. The summed E-state index contributed by atoms with van der Waals surface area (Å²) in [7, 11) is -0.848.